The number of hydrogen-bond acceptors (Lipinski definition) is 3. The highest BCUT2D eigenvalue weighted by molar-refractivity contribution is 5.95. The summed E-state index contributed by atoms with van der Waals surface area (Å²) >= 11 is 0. The maximum absolute atomic E-state index is 12.2. The molecule has 0 radical (unpaired) electrons. The van der Waals surface area contributed by atoms with Crippen LogP contribution in [0, 0.1) is 0 Å². The fourth-order valence-corrected chi connectivity index (χ4v) is 2.31. The number of benzene rings is 2. The molecule has 0 aliphatic carbocycles. The molecule has 0 fully saturated rings. The molecular formula is C19H23N3O2. The van der Waals surface area contributed by atoms with Crippen molar-refractivity contribution in [2.75, 3.05) is 29.1 Å². The molecule has 0 saturated carbocycles. The highest BCUT2D eigenvalue weighted by Crippen LogP contribution is 2.16. The first-order chi connectivity index (χ1) is 11.6. The Morgan fingerprint density at radius 2 is 1.54 bits per heavy atom. The third kappa shape index (κ3) is 5.43. The summed E-state index contributed by atoms with van der Waals surface area (Å²) in [5, 5.41) is 5.68. The van der Waals surface area contributed by atoms with E-state index in [1.54, 1.807) is 24.3 Å². The summed E-state index contributed by atoms with van der Waals surface area (Å²) in [6, 6.07) is 16.9. The molecule has 0 aliphatic rings. The zero-order valence-electron chi connectivity index (χ0n) is 14.1. The molecule has 2 rings (SSSR count). The molecule has 0 saturated heterocycles. The monoisotopic (exact) mass is 325 g/mol. The van der Waals surface area contributed by atoms with Crippen molar-refractivity contribution in [3.63, 3.8) is 0 Å². The number of likely N-dealkylation sites (N-methyl/N-ethyl adjacent to an activating group) is 1. The van der Waals surface area contributed by atoms with Crippen molar-refractivity contribution in [2.24, 2.45) is 0 Å². The first kappa shape index (κ1) is 17.5. The van der Waals surface area contributed by atoms with Gasteiger partial charge >= 0.3 is 0 Å². The fraction of sp³-hybridized carbons (Fsp3) is 0.263. The van der Waals surface area contributed by atoms with Crippen molar-refractivity contribution in [3.8, 4) is 0 Å². The molecule has 126 valence electrons. The number of nitrogens with zero attached hydrogens (tertiary/aromatic N) is 1. The predicted molar refractivity (Wildman–Crippen MR) is 98.3 cm³/mol. The second-order valence-corrected chi connectivity index (χ2v) is 5.62. The van der Waals surface area contributed by atoms with Crippen LogP contribution < -0.4 is 15.5 Å². The quantitative estimate of drug-likeness (QED) is 0.819. The second kappa shape index (κ2) is 8.72. The molecule has 0 atom stereocenters. The highest BCUT2D eigenvalue weighted by atomic mass is 16.2. The average molecular weight is 325 g/mol. The molecule has 0 bridgehead atoms. The highest BCUT2D eigenvalue weighted by Gasteiger charge is 2.08. The number of carbonyl (C=O) groups excluding carboxylic acids is 2. The van der Waals surface area contributed by atoms with Crippen molar-refractivity contribution >= 4 is 28.9 Å². The number of hydrogen-bond donors (Lipinski definition) is 2. The van der Waals surface area contributed by atoms with E-state index in [9.17, 15) is 9.59 Å². The van der Waals surface area contributed by atoms with Gasteiger partial charge in [-0.05, 0) is 36.8 Å². The summed E-state index contributed by atoms with van der Waals surface area (Å²) in [5.41, 5.74) is 2.33. The van der Waals surface area contributed by atoms with E-state index < -0.39 is 0 Å². The minimum absolute atomic E-state index is 0.0233. The predicted octanol–water partition coefficient (Wildman–Crippen LogP) is 3.50. The molecule has 0 heterocycles. The lowest BCUT2D eigenvalue weighted by Gasteiger charge is -2.18. The van der Waals surface area contributed by atoms with Gasteiger partial charge in [-0.1, -0.05) is 31.2 Å². The molecular weight excluding hydrogens is 302 g/mol. The number of rotatable bonds is 7. The molecule has 5 nitrogen and oxygen atoms in total. The molecule has 2 amide bonds. The Labute approximate surface area is 142 Å². The van der Waals surface area contributed by atoms with Gasteiger partial charge in [0, 0.05) is 30.5 Å². The summed E-state index contributed by atoms with van der Waals surface area (Å²) in [6.07, 6.45) is 1.28. The summed E-state index contributed by atoms with van der Waals surface area (Å²) in [7, 11) is 1.87. The van der Waals surface area contributed by atoms with Gasteiger partial charge in [0.2, 0.25) is 11.8 Å². The SMILES string of the molecule is CCCC(=O)Nc1cccc(NC(=O)CN(C)c2ccccc2)c1. The van der Waals surface area contributed by atoms with Crippen molar-refractivity contribution in [1.82, 2.24) is 0 Å². The lowest BCUT2D eigenvalue weighted by atomic mass is 10.2. The number of carbonyl (C=O) groups is 2. The van der Waals surface area contributed by atoms with Crippen LogP contribution in [0.3, 0.4) is 0 Å². The van der Waals surface area contributed by atoms with Gasteiger partial charge in [-0.25, -0.2) is 0 Å². The van der Waals surface area contributed by atoms with E-state index in [1.165, 1.54) is 0 Å². The maximum atomic E-state index is 12.2. The lowest BCUT2D eigenvalue weighted by Crippen LogP contribution is -2.30. The summed E-state index contributed by atoms with van der Waals surface area (Å²) in [4.78, 5) is 25.7. The molecule has 2 N–H and O–H groups in total. The third-order valence-electron chi connectivity index (χ3n) is 3.48. The molecule has 2 aromatic carbocycles. The number of para-hydroxylation sites is 1. The van der Waals surface area contributed by atoms with Gasteiger partial charge in [0.25, 0.3) is 0 Å². The summed E-state index contributed by atoms with van der Waals surface area (Å²) in [5.74, 6) is -0.136. The van der Waals surface area contributed by atoms with Gasteiger partial charge < -0.3 is 15.5 Å². The van der Waals surface area contributed by atoms with Crippen LogP contribution in [0.1, 0.15) is 19.8 Å². The van der Waals surface area contributed by atoms with Gasteiger partial charge in [0.1, 0.15) is 0 Å². The Bertz CT molecular complexity index is 686. The van der Waals surface area contributed by atoms with Gasteiger partial charge in [-0.3, -0.25) is 9.59 Å². The Morgan fingerprint density at radius 3 is 2.17 bits per heavy atom. The van der Waals surface area contributed by atoms with E-state index in [1.807, 2.05) is 49.2 Å². The van der Waals surface area contributed by atoms with Crippen molar-refractivity contribution < 1.29 is 9.59 Å². The average Bonchev–Trinajstić information content (AvgIpc) is 2.56. The maximum Gasteiger partial charge on any atom is 0.243 e. The van der Waals surface area contributed by atoms with Gasteiger partial charge in [0.05, 0.1) is 6.54 Å². The van der Waals surface area contributed by atoms with Crippen LogP contribution in [0.15, 0.2) is 54.6 Å². The van der Waals surface area contributed by atoms with Crippen molar-refractivity contribution in [2.45, 2.75) is 19.8 Å². The second-order valence-electron chi connectivity index (χ2n) is 5.62. The number of nitrogens with one attached hydrogen (secondary N) is 2. The largest absolute Gasteiger partial charge is 0.365 e. The third-order valence-corrected chi connectivity index (χ3v) is 3.48. The Morgan fingerprint density at radius 1 is 0.917 bits per heavy atom. The van der Waals surface area contributed by atoms with Crippen LogP contribution >= 0.6 is 0 Å². The topological polar surface area (TPSA) is 61.4 Å². The molecule has 0 aliphatic heterocycles. The molecule has 5 heteroatoms. The first-order valence-corrected chi connectivity index (χ1v) is 8.04. The van der Waals surface area contributed by atoms with Crippen molar-refractivity contribution in [1.29, 1.82) is 0 Å². The molecule has 2 aromatic rings. The minimum Gasteiger partial charge on any atom is -0.365 e. The van der Waals surface area contributed by atoms with E-state index in [0.717, 1.165) is 12.1 Å². The standard InChI is InChI=1S/C19H23N3O2/c1-3-8-18(23)20-15-9-7-10-16(13-15)21-19(24)14-22(2)17-11-5-4-6-12-17/h4-7,9-13H,3,8,14H2,1-2H3,(H,20,23)(H,21,24). The van der Waals surface area contributed by atoms with E-state index in [-0.39, 0.29) is 18.4 Å². The fourth-order valence-electron chi connectivity index (χ4n) is 2.31. The minimum atomic E-state index is -0.113. The summed E-state index contributed by atoms with van der Waals surface area (Å²) in [6.45, 7) is 2.20. The molecule has 0 unspecified atom stereocenters. The lowest BCUT2D eigenvalue weighted by molar-refractivity contribution is -0.116. The first-order valence-electron chi connectivity index (χ1n) is 8.04. The van der Waals surface area contributed by atoms with Crippen LogP contribution in [-0.2, 0) is 9.59 Å². The van der Waals surface area contributed by atoms with Gasteiger partial charge in [-0.15, -0.1) is 0 Å². The van der Waals surface area contributed by atoms with Crippen LogP contribution in [0.4, 0.5) is 17.1 Å². The van der Waals surface area contributed by atoms with Crippen LogP contribution in [0.2, 0.25) is 0 Å². The van der Waals surface area contributed by atoms with Crippen LogP contribution in [0.25, 0.3) is 0 Å². The smallest absolute Gasteiger partial charge is 0.243 e. The van der Waals surface area contributed by atoms with Gasteiger partial charge in [-0.2, -0.15) is 0 Å². The summed E-state index contributed by atoms with van der Waals surface area (Å²) < 4.78 is 0. The normalized spacial score (nSPS) is 10.1. The zero-order chi connectivity index (χ0) is 17.4. The van der Waals surface area contributed by atoms with E-state index in [2.05, 4.69) is 10.6 Å². The van der Waals surface area contributed by atoms with Crippen LogP contribution in [-0.4, -0.2) is 25.4 Å². The Kier molecular flexibility index (Phi) is 6.37. The number of amides is 2. The molecule has 0 aromatic heterocycles. The molecule has 0 spiro atoms. The Balaban J connectivity index is 1.93. The van der Waals surface area contributed by atoms with E-state index in [0.29, 0.717) is 17.8 Å². The zero-order valence-corrected chi connectivity index (χ0v) is 14.1. The molecule has 24 heavy (non-hydrogen) atoms. The van der Waals surface area contributed by atoms with E-state index in [4.69, 9.17) is 0 Å². The Hall–Kier alpha value is -2.82. The van der Waals surface area contributed by atoms with Crippen molar-refractivity contribution in [3.05, 3.63) is 54.6 Å². The van der Waals surface area contributed by atoms with E-state index >= 15 is 0 Å². The van der Waals surface area contributed by atoms with Gasteiger partial charge in [0.15, 0.2) is 0 Å². The number of anilines is 3. The van der Waals surface area contributed by atoms with Crippen LogP contribution in [0.5, 0.6) is 0 Å².